The summed E-state index contributed by atoms with van der Waals surface area (Å²) < 4.78 is 0. The molecule has 0 radical (unpaired) electrons. The topological polar surface area (TPSA) is 53.4 Å². The molecular weight excluding hydrogens is 440 g/mol. The van der Waals surface area contributed by atoms with Crippen LogP contribution < -0.4 is 4.90 Å². The molecule has 0 saturated heterocycles. The largest absolute Gasteiger partial charge is 0.481 e. The number of rotatable bonds is 12. The van der Waals surface area contributed by atoms with E-state index in [2.05, 4.69) is 86.5 Å². The first-order chi connectivity index (χ1) is 16.3. The van der Waals surface area contributed by atoms with Crippen LogP contribution >= 0.6 is 11.3 Å². The Bertz CT molecular complexity index is 1020. The third-order valence-corrected chi connectivity index (χ3v) is 7.12. The lowest BCUT2D eigenvalue weighted by molar-refractivity contribution is -0.136. The minimum atomic E-state index is -0.767. The molecule has 0 bridgehead atoms. The predicted octanol–water partition coefficient (Wildman–Crippen LogP) is 7.48. The summed E-state index contributed by atoms with van der Waals surface area (Å²) in [7, 11) is 0. The van der Waals surface area contributed by atoms with Crippen molar-refractivity contribution in [2.75, 3.05) is 18.0 Å². The summed E-state index contributed by atoms with van der Waals surface area (Å²) in [5, 5.41) is 12.3. The highest BCUT2D eigenvalue weighted by Crippen LogP contribution is 2.36. The van der Waals surface area contributed by atoms with Crippen LogP contribution in [-0.2, 0) is 10.2 Å². The van der Waals surface area contributed by atoms with Gasteiger partial charge >= 0.3 is 5.97 Å². The van der Waals surface area contributed by atoms with Crippen LogP contribution in [0.15, 0.2) is 60.0 Å². The van der Waals surface area contributed by atoms with Gasteiger partial charge in [0.15, 0.2) is 5.13 Å². The minimum absolute atomic E-state index is 0.0432. The molecule has 1 N–H and O–H groups in total. The van der Waals surface area contributed by atoms with E-state index in [9.17, 15) is 9.90 Å². The third kappa shape index (κ3) is 7.17. The summed E-state index contributed by atoms with van der Waals surface area (Å²) in [6, 6.07) is 19.4. The average Bonchev–Trinajstić information content (AvgIpc) is 3.28. The molecule has 0 aliphatic heterocycles. The van der Waals surface area contributed by atoms with E-state index in [-0.39, 0.29) is 17.8 Å². The second-order valence-corrected chi connectivity index (χ2v) is 10.8. The highest BCUT2D eigenvalue weighted by molar-refractivity contribution is 7.13. The van der Waals surface area contributed by atoms with Crippen molar-refractivity contribution in [3.05, 3.63) is 82.4 Å². The molecule has 34 heavy (non-hydrogen) atoms. The van der Waals surface area contributed by atoms with E-state index in [1.807, 2.05) is 6.07 Å². The number of hydrogen-bond acceptors (Lipinski definition) is 4. The van der Waals surface area contributed by atoms with E-state index in [0.29, 0.717) is 6.54 Å². The van der Waals surface area contributed by atoms with Crippen molar-refractivity contribution in [3.63, 3.8) is 0 Å². The van der Waals surface area contributed by atoms with Crippen LogP contribution in [0.5, 0.6) is 0 Å². The highest BCUT2D eigenvalue weighted by atomic mass is 32.1. The maximum Gasteiger partial charge on any atom is 0.305 e. The molecule has 1 heterocycles. The molecule has 1 aromatic heterocycles. The second kappa shape index (κ2) is 12.2. The maximum atomic E-state index is 11.2. The normalized spacial score (nSPS) is 12.5. The van der Waals surface area contributed by atoms with E-state index in [1.54, 1.807) is 11.3 Å². The zero-order valence-electron chi connectivity index (χ0n) is 21.0. The van der Waals surface area contributed by atoms with Crippen molar-refractivity contribution >= 4 is 22.4 Å². The van der Waals surface area contributed by atoms with Gasteiger partial charge in [0, 0.05) is 18.5 Å². The van der Waals surface area contributed by atoms with Crippen molar-refractivity contribution in [3.8, 4) is 0 Å². The molecule has 0 spiro atoms. The fraction of sp³-hybridized carbons (Fsp3) is 0.448. The second-order valence-electron chi connectivity index (χ2n) is 9.96. The number of anilines is 1. The first kappa shape index (κ1) is 26.0. The van der Waals surface area contributed by atoms with Gasteiger partial charge in [-0.1, -0.05) is 102 Å². The lowest BCUT2D eigenvalue weighted by Crippen LogP contribution is -2.27. The fourth-order valence-electron chi connectivity index (χ4n) is 4.17. The van der Waals surface area contributed by atoms with Crippen LogP contribution in [0.1, 0.15) is 88.1 Å². The number of unbranched alkanes of at least 4 members (excludes halogenated alkanes) is 3. The number of hydrogen-bond donors (Lipinski definition) is 1. The van der Waals surface area contributed by atoms with Gasteiger partial charge in [0.05, 0.1) is 18.0 Å². The van der Waals surface area contributed by atoms with Crippen molar-refractivity contribution in [1.82, 2.24) is 4.98 Å². The average molecular weight is 479 g/mol. The van der Waals surface area contributed by atoms with Gasteiger partial charge in [-0.3, -0.25) is 4.79 Å². The molecule has 5 heteroatoms. The molecule has 4 nitrogen and oxygen atoms in total. The molecule has 1 unspecified atom stereocenters. The Kier molecular flexibility index (Phi) is 9.28. The molecule has 0 aliphatic rings. The van der Waals surface area contributed by atoms with Crippen LogP contribution in [0.3, 0.4) is 0 Å². The standard InChI is InChI=1S/C29H38N2O2S/c1-5-6-7-11-19-31(20-18-26(32)33)28-30-25(21-34-28)27(22-12-9-8-10-13-22)23-14-16-24(17-15-23)29(2,3)4/h8-10,12-17,21,27H,5-7,11,18-20H2,1-4H3,(H,32,33). The molecule has 2 aromatic carbocycles. The molecule has 3 rings (SSSR count). The molecule has 182 valence electrons. The van der Waals surface area contributed by atoms with Gasteiger partial charge in [-0.05, 0) is 28.5 Å². The minimum Gasteiger partial charge on any atom is -0.481 e. The van der Waals surface area contributed by atoms with Gasteiger partial charge in [0.1, 0.15) is 0 Å². The van der Waals surface area contributed by atoms with Gasteiger partial charge in [0.25, 0.3) is 0 Å². The van der Waals surface area contributed by atoms with Gasteiger partial charge in [-0.2, -0.15) is 0 Å². The molecule has 0 fully saturated rings. The summed E-state index contributed by atoms with van der Waals surface area (Å²) >= 11 is 1.62. The van der Waals surface area contributed by atoms with Crippen LogP contribution in [0.25, 0.3) is 0 Å². The monoisotopic (exact) mass is 478 g/mol. The smallest absolute Gasteiger partial charge is 0.305 e. The molecular formula is C29H38N2O2S. The quantitative estimate of drug-likeness (QED) is 0.274. The van der Waals surface area contributed by atoms with Crippen molar-refractivity contribution < 1.29 is 9.90 Å². The zero-order valence-corrected chi connectivity index (χ0v) is 21.8. The fourth-order valence-corrected chi connectivity index (χ4v) is 5.08. The van der Waals surface area contributed by atoms with E-state index in [4.69, 9.17) is 4.98 Å². The summed E-state index contributed by atoms with van der Waals surface area (Å²) in [6.07, 6.45) is 4.72. The van der Waals surface area contributed by atoms with E-state index in [1.165, 1.54) is 29.5 Å². The first-order valence-electron chi connectivity index (χ1n) is 12.4. The highest BCUT2D eigenvalue weighted by Gasteiger charge is 2.22. The van der Waals surface area contributed by atoms with Crippen LogP contribution in [-0.4, -0.2) is 29.1 Å². The van der Waals surface area contributed by atoms with Crippen molar-refractivity contribution in [1.29, 1.82) is 0 Å². The third-order valence-electron chi connectivity index (χ3n) is 6.20. The Hall–Kier alpha value is -2.66. The molecule has 1 atom stereocenters. The number of nitrogens with zero attached hydrogens (tertiary/aromatic N) is 2. The Morgan fingerprint density at radius 1 is 0.971 bits per heavy atom. The molecule has 0 saturated carbocycles. The predicted molar refractivity (Wildman–Crippen MR) is 143 cm³/mol. The molecule has 0 aliphatic carbocycles. The Morgan fingerprint density at radius 3 is 2.26 bits per heavy atom. The van der Waals surface area contributed by atoms with Crippen molar-refractivity contribution in [2.24, 2.45) is 0 Å². The number of carboxylic acid groups (broad SMARTS) is 1. The van der Waals surface area contributed by atoms with E-state index < -0.39 is 5.97 Å². The number of aliphatic carboxylic acids is 1. The van der Waals surface area contributed by atoms with E-state index in [0.717, 1.165) is 30.2 Å². The summed E-state index contributed by atoms with van der Waals surface area (Å²) in [5.74, 6) is -0.724. The van der Waals surface area contributed by atoms with Crippen LogP contribution in [0.2, 0.25) is 0 Å². The lowest BCUT2D eigenvalue weighted by Gasteiger charge is -2.22. The lowest BCUT2D eigenvalue weighted by atomic mass is 9.83. The summed E-state index contributed by atoms with van der Waals surface area (Å²) in [5.41, 5.74) is 4.87. The van der Waals surface area contributed by atoms with Crippen LogP contribution in [0.4, 0.5) is 5.13 Å². The number of aromatic nitrogens is 1. The van der Waals surface area contributed by atoms with Gasteiger partial charge < -0.3 is 10.0 Å². The van der Waals surface area contributed by atoms with E-state index >= 15 is 0 Å². The van der Waals surface area contributed by atoms with Gasteiger partial charge in [-0.15, -0.1) is 11.3 Å². The Labute approximate surface area is 208 Å². The number of benzene rings is 2. The maximum absolute atomic E-state index is 11.2. The summed E-state index contributed by atoms with van der Waals surface area (Å²) in [6.45, 7) is 10.2. The molecule has 0 amide bonds. The number of thiazole rings is 1. The number of carboxylic acids is 1. The first-order valence-corrected chi connectivity index (χ1v) is 13.2. The van der Waals surface area contributed by atoms with Gasteiger partial charge in [0.2, 0.25) is 0 Å². The molecule has 3 aromatic rings. The zero-order chi connectivity index (χ0) is 24.6. The summed E-state index contributed by atoms with van der Waals surface area (Å²) in [4.78, 5) is 18.5. The Balaban J connectivity index is 1.91. The van der Waals surface area contributed by atoms with Crippen molar-refractivity contribution in [2.45, 2.75) is 71.1 Å². The SMILES string of the molecule is CCCCCCN(CCC(=O)O)c1nc(C(c2ccccc2)c2ccc(C(C)(C)C)cc2)cs1. The van der Waals surface area contributed by atoms with Gasteiger partial charge in [-0.25, -0.2) is 4.98 Å². The number of carbonyl (C=O) groups is 1. The van der Waals surface area contributed by atoms with Crippen LogP contribution in [0, 0.1) is 0 Å². The Morgan fingerprint density at radius 2 is 1.65 bits per heavy atom.